The Hall–Kier alpha value is -1.000. The molecule has 0 aromatic heterocycles. The molecular formula is C12H9Br2NO. The van der Waals surface area contributed by atoms with Crippen LogP contribution < -0.4 is 10.5 Å². The Balaban J connectivity index is 2.35. The van der Waals surface area contributed by atoms with Gasteiger partial charge in [0.25, 0.3) is 0 Å². The summed E-state index contributed by atoms with van der Waals surface area (Å²) in [6.45, 7) is 0. The summed E-state index contributed by atoms with van der Waals surface area (Å²) in [7, 11) is 0. The van der Waals surface area contributed by atoms with Gasteiger partial charge in [-0.2, -0.15) is 0 Å². The van der Waals surface area contributed by atoms with Crippen molar-refractivity contribution in [3.63, 3.8) is 0 Å². The van der Waals surface area contributed by atoms with Crippen LogP contribution in [0.1, 0.15) is 0 Å². The van der Waals surface area contributed by atoms with Crippen LogP contribution in [0.2, 0.25) is 0 Å². The lowest BCUT2D eigenvalue weighted by molar-refractivity contribution is 0.477. The number of rotatable bonds is 2. The number of nitrogen functional groups attached to an aromatic ring is 1. The second kappa shape index (κ2) is 4.89. The lowest BCUT2D eigenvalue weighted by Crippen LogP contribution is -1.91. The van der Waals surface area contributed by atoms with E-state index in [2.05, 4.69) is 31.9 Å². The average molecular weight is 343 g/mol. The van der Waals surface area contributed by atoms with Crippen LogP contribution in [0.4, 0.5) is 5.69 Å². The third kappa shape index (κ3) is 2.39. The fraction of sp³-hybridized carbons (Fsp3) is 0. The van der Waals surface area contributed by atoms with E-state index in [0.717, 1.165) is 14.7 Å². The Kier molecular flexibility index (Phi) is 3.51. The zero-order chi connectivity index (χ0) is 11.5. The van der Waals surface area contributed by atoms with Gasteiger partial charge in [0.1, 0.15) is 11.5 Å². The van der Waals surface area contributed by atoms with Gasteiger partial charge in [-0.15, -0.1) is 0 Å². The molecule has 0 saturated heterocycles. The van der Waals surface area contributed by atoms with Crippen molar-refractivity contribution in [1.82, 2.24) is 0 Å². The van der Waals surface area contributed by atoms with Crippen molar-refractivity contribution in [3.8, 4) is 11.5 Å². The summed E-state index contributed by atoms with van der Waals surface area (Å²) in [5.74, 6) is 1.46. The van der Waals surface area contributed by atoms with Crippen LogP contribution in [-0.2, 0) is 0 Å². The van der Waals surface area contributed by atoms with Crippen LogP contribution in [0, 0.1) is 0 Å². The van der Waals surface area contributed by atoms with Crippen molar-refractivity contribution in [3.05, 3.63) is 51.4 Å². The van der Waals surface area contributed by atoms with E-state index < -0.39 is 0 Å². The molecule has 2 aromatic carbocycles. The Morgan fingerprint density at radius 2 is 1.56 bits per heavy atom. The summed E-state index contributed by atoms with van der Waals surface area (Å²) in [6.07, 6.45) is 0. The average Bonchev–Trinajstić information content (AvgIpc) is 2.28. The molecular weight excluding hydrogens is 334 g/mol. The minimum atomic E-state index is 0.657. The molecule has 82 valence electrons. The number of hydrogen-bond donors (Lipinski definition) is 1. The molecule has 0 aliphatic rings. The first kappa shape index (κ1) is 11.5. The van der Waals surface area contributed by atoms with Gasteiger partial charge in [0.15, 0.2) is 0 Å². The summed E-state index contributed by atoms with van der Waals surface area (Å²) < 4.78 is 7.42. The van der Waals surface area contributed by atoms with Gasteiger partial charge < -0.3 is 10.5 Å². The highest BCUT2D eigenvalue weighted by Crippen LogP contribution is 2.36. The third-order valence-corrected chi connectivity index (χ3v) is 3.55. The molecule has 0 fully saturated rings. The van der Waals surface area contributed by atoms with Gasteiger partial charge in [-0.25, -0.2) is 0 Å². The smallest absolute Gasteiger partial charge is 0.143 e. The van der Waals surface area contributed by atoms with Gasteiger partial charge in [0.2, 0.25) is 0 Å². The number of hydrogen-bond acceptors (Lipinski definition) is 2. The highest BCUT2D eigenvalue weighted by atomic mass is 79.9. The summed E-state index contributed by atoms with van der Waals surface area (Å²) in [6, 6.07) is 13.2. The molecule has 4 heteroatoms. The summed E-state index contributed by atoms with van der Waals surface area (Å²) in [5, 5.41) is 0. The third-order valence-electron chi connectivity index (χ3n) is 2.05. The largest absolute Gasteiger partial charge is 0.455 e. The molecule has 0 spiro atoms. The van der Waals surface area contributed by atoms with Crippen LogP contribution in [0.5, 0.6) is 11.5 Å². The molecule has 16 heavy (non-hydrogen) atoms. The maximum Gasteiger partial charge on any atom is 0.143 e. The SMILES string of the molecule is Nc1cccc(Oc2ccccc2Br)c1Br. The highest BCUT2D eigenvalue weighted by Gasteiger charge is 2.06. The van der Waals surface area contributed by atoms with E-state index in [9.17, 15) is 0 Å². The number of halogens is 2. The minimum absolute atomic E-state index is 0.657. The number of anilines is 1. The van der Waals surface area contributed by atoms with Crippen LogP contribution in [0.3, 0.4) is 0 Å². The Morgan fingerprint density at radius 3 is 2.31 bits per heavy atom. The lowest BCUT2D eigenvalue weighted by atomic mass is 10.3. The van der Waals surface area contributed by atoms with E-state index >= 15 is 0 Å². The molecule has 0 aliphatic carbocycles. The number of benzene rings is 2. The molecule has 2 aromatic rings. The van der Waals surface area contributed by atoms with E-state index in [1.54, 1.807) is 0 Å². The first-order valence-corrected chi connectivity index (χ1v) is 6.23. The van der Waals surface area contributed by atoms with E-state index in [0.29, 0.717) is 11.4 Å². The van der Waals surface area contributed by atoms with Gasteiger partial charge in [-0.1, -0.05) is 18.2 Å². The maximum atomic E-state index is 5.77. The second-order valence-electron chi connectivity index (χ2n) is 3.19. The normalized spacial score (nSPS) is 10.1. The topological polar surface area (TPSA) is 35.2 Å². The molecule has 0 bridgehead atoms. The highest BCUT2D eigenvalue weighted by molar-refractivity contribution is 9.11. The quantitative estimate of drug-likeness (QED) is 0.810. The first-order chi connectivity index (χ1) is 7.68. The van der Waals surface area contributed by atoms with E-state index in [-0.39, 0.29) is 0 Å². The van der Waals surface area contributed by atoms with Crippen molar-refractivity contribution >= 4 is 37.5 Å². The fourth-order valence-electron chi connectivity index (χ4n) is 1.25. The van der Waals surface area contributed by atoms with Crippen molar-refractivity contribution in [2.45, 2.75) is 0 Å². The zero-order valence-corrected chi connectivity index (χ0v) is 11.5. The van der Waals surface area contributed by atoms with Gasteiger partial charge in [0, 0.05) is 5.69 Å². The monoisotopic (exact) mass is 341 g/mol. The van der Waals surface area contributed by atoms with Gasteiger partial charge in [-0.3, -0.25) is 0 Å². The Morgan fingerprint density at radius 1 is 0.875 bits per heavy atom. The predicted octanol–water partition coefficient (Wildman–Crippen LogP) is 4.59. The second-order valence-corrected chi connectivity index (χ2v) is 4.84. The fourth-order valence-corrected chi connectivity index (χ4v) is 1.96. The summed E-state index contributed by atoms with van der Waals surface area (Å²) >= 11 is 6.82. The lowest BCUT2D eigenvalue weighted by Gasteiger charge is -2.10. The zero-order valence-electron chi connectivity index (χ0n) is 8.28. The maximum absolute atomic E-state index is 5.77. The molecule has 0 saturated carbocycles. The van der Waals surface area contributed by atoms with E-state index in [1.165, 1.54) is 0 Å². The van der Waals surface area contributed by atoms with Crippen molar-refractivity contribution in [2.75, 3.05) is 5.73 Å². The molecule has 2 N–H and O–H groups in total. The summed E-state index contributed by atoms with van der Waals surface area (Å²) in [4.78, 5) is 0. The Bertz CT molecular complexity index is 514. The molecule has 0 heterocycles. The number of nitrogens with two attached hydrogens (primary N) is 1. The first-order valence-electron chi connectivity index (χ1n) is 4.65. The van der Waals surface area contributed by atoms with Gasteiger partial charge >= 0.3 is 0 Å². The van der Waals surface area contributed by atoms with Gasteiger partial charge in [-0.05, 0) is 56.1 Å². The molecule has 0 amide bonds. The van der Waals surface area contributed by atoms with Gasteiger partial charge in [0.05, 0.1) is 8.95 Å². The standard InChI is InChI=1S/C12H9Br2NO/c13-8-4-1-2-6-10(8)16-11-7-3-5-9(15)12(11)14/h1-7H,15H2. The molecule has 2 nitrogen and oxygen atoms in total. The predicted molar refractivity (Wildman–Crippen MR) is 72.8 cm³/mol. The van der Waals surface area contributed by atoms with Crippen molar-refractivity contribution in [2.24, 2.45) is 0 Å². The van der Waals surface area contributed by atoms with Crippen LogP contribution in [0.15, 0.2) is 51.4 Å². The molecule has 2 rings (SSSR count). The minimum Gasteiger partial charge on any atom is -0.455 e. The van der Waals surface area contributed by atoms with Crippen molar-refractivity contribution in [1.29, 1.82) is 0 Å². The number of para-hydroxylation sites is 1. The van der Waals surface area contributed by atoms with Crippen molar-refractivity contribution < 1.29 is 4.74 Å². The Labute approximate surface area is 111 Å². The number of ether oxygens (including phenoxy) is 1. The van der Waals surface area contributed by atoms with Crippen LogP contribution >= 0.6 is 31.9 Å². The van der Waals surface area contributed by atoms with E-state index in [4.69, 9.17) is 10.5 Å². The molecule has 0 aliphatic heterocycles. The molecule has 0 unspecified atom stereocenters. The van der Waals surface area contributed by atoms with Crippen LogP contribution in [0.25, 0.3) is 0 Å². The van der Waals surface area contributed by atoms with Crippen LogP contribution in [-0.4, -0.2) is 0 Å². The summed E-state index contributed by atoms with van der Waals surface area (Å²) in [5.41, 5.74) is 6.43. The van der Waals surface area contributed by atoms with E-state index in [1.807, 2.05) is 42.5 Å². The molecule has 0 atom stereocenters. The molecule has 0 radical (unpaired) electrons.